The highest BCUT2D eigenvalue weighted by Crippen LogP contribution is 2.33. The molecule has 5 rings (SSSR count). The van der Waals surface area contributed by atoms with E-state index in [1.54, 1.807) is 0 Å². The van der Waals surface area contributed by atoms with E-state index in [0.29, 0.717) is 12.8 Å². The zero-order valence-corrected chi connectivity index (χ0v) is 24.4. The van der Waals surface area contributed by atoms with Crippen LogP contribution in [-0.2, 0) is 55.0 Å². The van der Waals surface area contributed by atoms with Crippen LogP contribution >= 0.6 is 0 Å². The Balaban J connectivity index is 1.52. The zero-order valence-electron chi connectivity index (χ0n) is 24.4. The monoisotopic (exact) mass is 594 g/mol. The molecule has 4 aromatic carbocycles. The summed E-state index contributed by atoms with van der Waals surface area (Å²) in [6.45, 7) is 1.10. The van der Waals surface area contributed by atoms with Crippen molar-refractivity contribution in [3.63, 3.8) is 0 Å². The van der Waals surface area contributed by atoms with Gasteiger partial charge >= 0.3 is 0 Å². The third-order valence-corrected chi connectivity index (χ3v) is 7.73. The summed E-state index contributed by atoms with van der Waals surface area (Å²) in [5.74, 6) is 0. The fourth-order valence-corrected chi connectivity index (χ4v) is 5.59. The van der Waals surface area contributed by atoms with Gasteiger partial charge in [0.2, 0.25) is 12.8 Å². The van der Waals surface area contributed by atoms with Gasteiger partial charge in [-0.15, -0.1) is 0 Å². The lowest BCUT2D eigenvalue weighted by Gasteiger charge is -2.50. The van der Waals surface area contributed by atoms with Crippen LogP contribution in [0.25, 0.3) is 0 Å². The first kappa shape index (κ1) is 31.1. The zero-order chi connectivity index (χ0) is 30.4. The molecule has 2 N–H and O–H groups in total. The Morgan fingerprint density at radius 1 is 0.409 bits per heavy atom. The van der Waals surface area contributed by atoms with Crippen LogP contribution in [-0.4, -0.2) is 49.3 Å². The van der Waals surface area contributed by atoms with E-state index in [0.717, 1.165) is 22.3 Å². The van der Waals surface area contributed by atoms with Crippen LogP contribution in [0.4, 0.5) is 0 Å². The summed E-state index contributed by atoms with van der Waals surface area (Å²) >= 11 is 0. The van der Waals surface area contributed by atoms with Crippen molar-refractivity contribution >= 4 is 12.8 Å². The van der Waals surface area contributed by atoms with Crippen LogP contribution in [0, 0.1) is 0 Å². The van der Waals surface area contributed by atoms with Crippen molar-refractivity contribution in [3.05, 3.63) is 144 Å². The summed E-state index contributed by atoms with van der Waals surface area (Å²) in [6, 6.07) is 37.9. The second-order valence-corrected chi connectivity index (χ2v) is 10.7. The van der Waals surface area contributed by atoms with Gasteiger partial charge in [-0.25, -0.2) is 0 Å². The Morgan fingerprint density at radius 2 is 0.659 bits per heavy atom. The quantitative estimate of drug-likeness (QED) is 0.185. The Morgan fingerprint density at radius 3 is 0.909 bits per heavy atom. The molecular formula is C36H38N2O6. The molecule has 0 unspecified atom stereocenters. The van der Waals surface area contributed by atoms with Crippen molar-refractivity contribution in [1.29, 1.82) is 0 Å². The first-order chi connectivity index (χ1) is 21.8. The van der Waals surface area contributed by atoms with Crippen LogP contribution in [0.3, 0.4) is 0 Å². The molecule has 8 nitrogen and oxygen atoms in total. The molecule has 44 heavy (non-hydrogen) atoms. The van der Waals surface area contributed by atoms with Crippen molar-refractivity contribution in [2.75, 3.05) is 0 Å². The molecule has 0 aliphatic heterocycles. The van der Waals surface area contributed by atoms with Crippen LogP contribution in [0.15, 0.2) is 121 Å². The molecule has 4 aromatic rings. The van der Waals surface area contributed by atoms with Gasteiger partial charge in [-0.2, -0.15) is 0 Å². The first-order valence-corrected chi connectivity index (χ1v) is 14.8. The Labute approximate surface area is 258 Å². The van der Waals surface area contributed by atoms with E-state index < -0.39 is 36.5 Å². The summed E-state index contributed by atoms with van der Waals surface area (Å²) in [4.78, 5) is 24.0. The molecule has 1 saturated carbocycles. The minimum atomic E-state index is -0.695. The van der Waals surface area contributed by atoms with Crippen molar-refractivity contribution < 1.29 is 28.5 Å². The number of hydrogen-bond donors (Lipinski definition) is 2. The van der Waals surface area contributed by atoms with Gasteiger partial charge in [-0.05, 0) is 22.3 Å². The average molecular weight is 595 g/mol. The number of ether oxygens (including phenoxy) is 4. The highest BCUT2D eigenvalue weighted by Gasteiger charge is 2.53. The molecule has 0 spiro atoms. The van der Waals surface area contributed by atoms with Crippen LogP contribution in [0.5, 0.6) is 0 Å². The Bertz CT molecular complexity index is 1280. The van der Waals surface area contributed by atoms with Crippen LogP contribution < -0.4 is 10.6 Å². The average Bonchev–Trinajstić information content (AvgIpc) is 3.08. The fraction of sp³-hybridized carbons (Fsp3) is 0.278. The molecule has 0 aromatic heterocycles. The highest BCUT2D eigenvalue weighted by molar-refractivity contribution is 5.50. The topological polar surface area (TPSA) is 95.1 Å². The standard InChI is InChI=1S/C36H38N2O6/c39-25-37-31-32(38-26-40)34(42-22-28-15-7-2-8-16-28)36(44-24-30-19-11-4-12-20-30)35(43-23-29-17-9-3-10-18-29)33(31)41-21-27-13-5-1-6-14-27/h1-20,25-26,31-36H,21-24H2,(H,37,39)(H,38,40)/t31-,32+,33-,34-,35+,36+/m0/s1. The molecule has 0 heterocycles. The van der Waals surface area contributed by atoms with E-state index in [9.17, 15) is 9.59 Å². The lowest BCUT2D eigenvalue weighted by atomic mass is 9.80. The van der Waals surface area contributed by atoms with E-state index in [2.05, 4.69) is 10.6 Å². The third kappa shape index (κ3) is 8.39. The van der Waals surface area contributed by atoms with Crippen molar-refractivity contribution in [2.24, 2.45) is 0 Å². The van der Waals surface area contributed by atoms with Gasteiger partial charge < -0.3 is 29.6 Å². The molecule has 0 bridgehead atoms. The number of nitrogens with one attached hydrogen (secondary N) is 2. The highest BCUT2D eigenvalue weighted by atomic mass is 16.6. The van der Waals surface area contributed by atoms with E-state index >= 15 is 0 Å². The molecule has 1 aliphatic rings. The lowest BCUT2D eigenvalue weighted by molar-refractivity contribution is -0.229. The van der Waals surface area contributed by atoms with Crippen molar-refractivity contribution in [2.45, 2.75) is 62.9 Å². The summed E-state index contributed by atoms with van der Waals surface area (Å²) in [5.41, 5.74) is 3.88. The number of hydrogen-bond acceptors (Lipinski definition) is 6. The molecule has 8 heteroatoms. The molecular weight excluding hydrogens is 556 g/mol. The lowest BCUT2D eigenvalue weighted by Crippen LogP contribution is -2.72. The largest absolute Gasteiger partial charge is 0.368 e. The Kier molecular flexibility index (Phi) is 11.7. The SMILES string of the molecule is O=CN[C@@H]1[C@H](NC=O)[C@H](OCc2ccccc2)[C@@H](OCc2ccccc2)[C@H](OCc2ccccc2)[C@H]1OCc1ccccc1. The van der Waals surface area contributed by atoms with Gasteiger partial charge in [0.15, 0.2) is 0 Å². The summed E-state index contributed by atoms with van der Waals surface area (Å²) in [5, 5.41) is 5.83. The third-order valence-electron chi connectivity index (χ3n) is 7.73. The number of amides is 2. The summed E-state index contributed by atoms with van der Waals surface area (Å²) < 4.78 is 26.4. The van der Waals surface area contributed by atoms with Gasteiger partial charge in [0.25, 0.3) is 0 Å². The van der Waals surface area contributed by atoms with Gasteiger partial charge in [0.1, 0.15) is 24.4 Å². The normalized spacial score (nSPS) is 23.0. The van der Waals surface area contributed by atoms with Gasteiger partial charge in [0.05, 0.1) is 38.5 Å². The maximum atomic E-state index is 12.0. The molecule has 1 aliphatic carbocycles. The summed E-state index contributed by atoms with van der Waals surface area (Å²) in [7, 11) is 0. The number of carbonyl (C=O) groups excluding carboxylic acids is 2. The number of benzene rings is 4. The first-order valence-electron chi connectivity index (χ1n) is 14.8. The van der Waals surface area contributed by atoms with E-state index in [-0.39, 0.29) is 26.4 Å². The van der Waals surface area contributed by atoms with Crippen molar-refractivity contribution in [3.8, 4) is 0 Å². The van der Waals surface area contributed by atoms with Crippen molar-refractivity contribution in [1.82, 2.24) is 10.6 Å². The maximum absolute atomic E-state index is 12.0. The molecule has 0 saturated heterocycles. The molecule has 228 valence electrons. The van der Waals surface area contributed by atoms with Gasteiger partial charge in [0, 0.05) is 0 Å². The predicted molar refractivity (Wildman–Crippen MR) is 166 cm³/mol. The number of carbonyl (C=O) groups is 2. The van der Waals surface area contributed by atoms with E-state index in [1.807, 2.05) is 121 Å². The molecule has 6 atom stereocenters. The molecule has 2 amide bonds. The minimum Gasteiger partial charge on any atom is -0.368 e. The van der Waals surface area contributed by atoms with Gasteiger partial charge in [-0.3, -0.25) is 9.59 Å². The second-order valence-electron chi connectivity index (χ2n) is 10.7. The van der Waals surface area contributed by atoms with Crippen LogP contribution in [0.1, 0.15) is 22.3 Å². The molecule has 0 radical (unpaired) electrons. The van der Waals surface area contributed by atoms with E-state index in [1.165, 1.54) is 0 Å². The Hall–Kier alpha value is -4.34. The number of rotatable bonds is 16. The van der Waals surface area contributed by atoms with E-state index in [4.69, 9.17) is 18.9 Å². The fourth-order valence-electron chi connectivity index (χ4n) is 5.59. The maximum Gasteiger partial charge on any atom is 0.207 e. The predicted octanol–water partition coefficient (Wildman–Crippen LogP) is 4.57. The van der Waals surface area contributed by atoms with Crippen LogP contribution in [0.2, 0.25) is 0 Å². The minimum absolute atomic E-state index is 0.266. The van der Waals surface area contributed by atoms with Gasteiger partial charge in [-0.1, -0.05) is 121 Å². The smallest absolute Gasteiger partial charge is 0.207 e. The molecule has 1 fully saturated rings. The second kappa shape index (κ2) is 16.5. The summed E-state index contributed by atoms with van der Waals surface area (Å²) in [6.07, 6.45) is -1.50.